The van der Waals surface area contributed by atoms with Crippen LogP contribution in [-0.2, 0) is 39.8 Å². The van der Waals surface area contributed by atoms with Crippen LogP contribution in [0.4, 0.5) is 0 Å². The molecule has 0 bridgehead atoms. The summed E-state index contributed by atoms with van der Waals surface area (Å²) in [5.41, 5.74) is 1.47. The summed E-state index contributed by atoms with van der Waals surface area (Å²) in [6, 6.07) is 12.0. The average Bonchev–Trinajstić information content (AvgIpc) is 2.44. The van der Waals surface area contributed by atoms with Crippen molar-refractivity contribution in [3.63, 3.8) is 0 Å². The summed E-state index contributed by atoms with van der Waals surface area (Å²) in [6.07, 6.45) is 0. The molecule has 0 aliphatic carbocycles. The third-order valence-electron chi connectivity index (χ3n) is 2.68. The standard InChI is InChI=1S/C14H9BrIN2O2.Y/c1-18-13(5-4-12(16)14(18)19)10-3-2-9(8-11(10)15)20-7-6-17;/h2-4,8H,7H2,1H3;/q-1;. The maximum atomic E-state index is 11.9. The number of pyridine rings is 1. The molecule has 2 rings (SSSR count). The molecule has 7 heteroatoms. The summed E-state index contributed by atoms with van der Waals surface area (Å²) >= 11 is 5.44. The van der Waals surface area contributed by atoms with Crippen molar-refractivity contribution < 1.29 is 37.4 Å². The fourth-order valence-electron chi connectivity index (χ4n) is 1.70. The minimum absolute atomic E-state index is 0. The van der Waals surface area contributed by atoms with E-state index in [2.05, 4.69) is 22.0 Å². The Morgan fingerprint density at radius 2 is 2.24 bits per heavy atom. The second-order valence-corrected chi connectivity index (χ2v) is 5.95. The summed E-state index contributed by atoms with van der Waals surface area (Å²) in [4.78, 5) is 11.9. The van der Waals surface area contributed by atoms with Crippen molar-refractivity contribution in [2.45, 2.75) is 0 Å². The molecule has 0 N–H and O–H groups in total. The Morgan fingerprint density at radius 3 is 2.86 bits per heavy atom. The van der Waals surface area contributed by atoms with Gasteiger partial charge in [0.25, 0.3) is 0 Å². The van der Waals surface area contributed by atoms with Crippen LogP contribution in [0.5, 0.6) is 5.75 Å². The number of benzene rings is 1. The number of ether oxygens (including phenoxy) is 1. The van der Waals surface area contributed by atoms with Crippen molar-refractivity contribution in [2.24, 2.45) is 7.05 Å². The van der Waals surface area contributed by atoms with Crippen molar-refractivity contribution in [3.8, 4) is 23.1 Å². The first-order valence-electron chi connectivity index (χ1n) is 5.61. The van der Waals surface area contributed by atoms with Gasteiger partial charge < -0.3 is 9.30 Å². The van der Waals surface area contributed by atoms with Gasteiger partial charge >= 0.3 is 0 Å². The smallest absolute Gasteiger partial charge is 0.207 e. The molecule has 0 unspecified atom stereocenters. The molecule has 1 heterocycles. The molecular formula is C14H9BrIN2O2Y-. The van der Waals surface area contributed by atoms with Crippen LogP contribution in [0.3, 0.4) is 0 Å². The van der Waals surface area contributed by atoms with Crippen molar-refractivity contribution >= 4 is 38.5 Å². The van der Waals surface area contributed by atoms with E-state index in [9.17, 15) is 4.79 Å². The van der Waals surface area contributed by atoms with Gasteiger partial charge in [-0.2, -0.15) is 17.4 Å². The first kappa shape index (κ1) is 18.8. The Kier molecular flexibility index (Phi) is 7.54. The van der Waals surface area contributed by atoms with Crippen LogP contribution in [0.2, 0.25) is 0 Å². The van der Waals surface area contributed by atoms with Crippen molar-refractivity contribution in [1.82, 2.24) is 4.57 Å². The molecule has 0 aliphatic heterocycles. The van der Waals surface area contributed by atoms with Crippen LogP contribution in [0.15, 0.2) is 33.5 Å². The van der Waals surface area contributed by atoms with E-state index in [1.165, 1.54) is 0 Å². The number of hydrogen-bond acceptors (Lipinski definition) is 3. The van der Waals surface area contributed by atoms with E-state index < -0.39 is 0 Å². The SMILES string of the molecule is Cn1c(-c2ccc(OCC#N)cc2Br)[c-]cc(I)c1=O.[Y]. The van der Waals surface area contributed by atoms with Crippen molar-refractivity contribution in [3.05, 3.63) is 48.7 Å². The zero-order valence-electron chi connectivity index (χ0n) is 11.1. The zero-order valence-corrected chi connectivity index (χ0v) is 17.6. The number of nitrogens with zero attached hydrogens (tertiary/aromatic N) is 2. The van der Waals surface area contributed by atoms with E-state index >= 15 is 0 Å². The second kappa shape index (κ2) is 8.42. The number of halogens is 2. The maximum absolute atomic E-state index is 11.9. The van der Waals surface area contributed by atoms with E-state index in [-0.39, 0.29) is 44.9 Å². The third kappa shape index (κ3) is 4.38. The van der Waals surface area contributed by atoms with E-state index in [1.807, 2.05) is 34.7 Å². The van der Waals surface area contributed by atoms with Crippen molar-refractivity contribution in [2.75, 3.05) is 6.61 Å². The number of rotatable bonds is 3. The minimum Gasteiger partial charge on any atom is -0.479 e. The van der Waals surface area contributed by atoms with Crippen LogP contribution in [0.25, 0.3) is 11.3 Å². The van der Waals surface area contributed by atoms with Crippen LogP contribution in [-0.4, -0.2) is 11.2 Å². The molecule has 0 saturated carbocycles. The first-order valence-corrected chi connectivity index (χ1v) is 7.48. The summed E-state index contributed by atoms with van der Waals surface area (Å²) in [6.45, 7) is -0.0000698. The Balaban J connectivity index is 0.00000220. The molecular weight excluding hydrogens is 524 g/mol. The van der Waals surface area contributed by atoms with E-state index in [0.29, 0.717) is 15.0 Å². The van der Waals surface area contributed by atoms with Gasteiger partial charge in [0, 0.05) is 39.8 Å². The van der Waals surface area contributed by atoms with E-state index in [1.54, 1.807) is 29.8 Å². The van der Waals surface area contributed by atoms with Crippen LogP contribution in [0.1, 0.15) is 0 Å². The average molecular weight is 533 g/mol. The molecule has 1 aromatic carbocycles. The predicted octanol–water partition coefficient (Wildman–Crippen LogP) is 3.12. The normalized spacial score (nSPS) is 9.62. The van der Waals surface area contributed by atoms with Gasteiger partial charge in [0.15, 0.2) is 6.61 Å². The molecule has 1 aromatic heterocycles. The molecule has 0 amide bonds. The van der Waals surface area contributed by atoms with Crippen LogP contribution < -0.4 is 10.3 Å². The Bertz CT molecular complexity index is 756. The molecule has 105 valence electrons. The topological polar surface area (TPSA) is 55.0 Å². The molecule has 4 nitrogen and oxygen atoms in total. The molecule has 0 aliphatic rings. The zero-order chi connectivity index (χ0) is 14.7. The van der Waals surface area contributed by atoms with Gasteiger partial charge in [-0.3, -0.25) is 4.79 Å². The molecule has 1 radical (unpaired) electrons. The molecule has 0 fully saturated rings. The van der Waals surface area contributed by atoms with Crippen LogP contribution in [0, 0.1) is 21.0 Å². The summed E-state index contributed by atoms with van der Waals surface area (Å²) in [5, 5.41) is 8.49. The van der Waals surface area contributed by atoms with Crippen molar-refractivity contribution in [1.29, 1.82) is 5.26 Å². The summed E-state index contributed by atoms with van der Waals surface area (Å²) in [7, 11) is 1.71. The molecule has 0 atom stereocenters. The summed E-state index contributed by atoms with van der Waals surface area (Å²) < 4.78 is 8.18. The fraction of sp³-hybridized carbons (Fsp3) is 0.143. The van der Waals surface area contributed by atoms with Gasteiger partial charge in [-0.05, 0) is 20.2 Å². The first-order chi connectivity index (χ1) is 9.54. The van der Waals surface area contributed by atoms with Gasteiger partial charge in [-0.1, -0.05) is 27.2 Å². The molecule has 21 heavy (non-hydrogen) atoms. The summed E-state index contributed by atoms with van der Waals surface area (Å²) in [5.74, 6) is 0.595. The Morgan fingerprint density at radius 1 is 1.52 bits per heavy atom. The fourth-order valence-corrected chi connectivity index (χ4v) is 2.77. The van der Waals surface area contributed by atoms with E-state index in [4.69, 9.17) is 10.00 Å². The number of aromatic nitrogens is 1. The van der Waals surface area contributed by atoms with Gasteiger partial charge in [0.2, 0.25) is 5.56 Å². The van der Waals surface area contributed by atoms with E-state index in [0.717, 1.165) is 10.0 Å². The van der Waals surface area contributed by atoms with Gasteiger partial charge in [-0.25, -0.2) is 0 Å². The Hall–Kier alpha value is -0.226. The number of hydrogen-bond donors (Lipinski definition) is 0. The minimum atomic E-state index is -0.0592. The third-order valence-corrected chi connectivity index (χ3v) is 4.11. The van der Waals surface area contributed by atoms with Crippen LogP contribution >= 0.6 is 38.5 Å². The maximum Gasteiger partial charge on any atom is 0.207 e. The molecule has 0 saturated heterocycles. The monoisotopic (exact) mass is 532 g/mol. The van der Waals surface area contributed by atoms with Gasteiger partial charge in [0.1, 0.15) is 11.8 Å². The molecule has 0 spiro atoms. The largest absolute Gasteiger partial charge is 0.479 e. The quantitative estimate of drug-likeness (QED) is 0.451. The second-order valence-electron chi connectivity index (χ2n) is 3.94. The number of nitriles is 1. The predicted molar refractivity (Wildman–Crippen MR) is 87.5 cm³/mol. The van der Waals surface area contributed by atoms with Gasteiger partial charge in [-0.15, -0.1) is 28.7 Å². The van der Waals surface area contributed by atoms with Gasteiger partial charge in [0.05, 0.1) is 0 Å². The Labute approximate surface area is 169 Å². The molecule has 2 aromatic rings.